The molecule has 0 spiro atoms. The smallest absolute Gasteiger partial charge is 0.270 e. The van der Waals surface area contributed by atoms with Crippen molar-refractivity contribution in [1.82, 2.24) is 10.3 Å². The van der Waals surface area contributed by atoms with Crippen LogP contribution in [0.2, 0.25) is 0 Å². The highest BCUT2D eigenvalue weighted by atomic mass is 32.1. The van der Waals surface area contributed by atoms with E-state index >= 15 is 0 Å². The molecule has 1 amide bonds. The molecule has 1 fully saturated rings. The van der Waals surface area contributed by atoms with Gasteiger partial charge in [-0.25, -0.2) is 4.98 Å². The molecule has 1 atom stereocenters. The Labute approximate surface area is 170 Å². The molecule has 152 valence electrons. The molecule has 1 saturated heterocycles. The Morgan fingerprint density at radius 3 is 2.89 bits per heavy atom. The van der Waals surface area contributed by atoms with Crippen molar-refractivity contribution >= 4 is 17.2 Å². The summed E-state index contributed by atoms with van der Waals surface area (Å²) >= 11 is 1.46. The lowest BCUT2D eigenvalue weighted by Gasteiger charge is -2.10. The quantitative estimate of drug-likeness (QED) is 0.608. The van der Waals surface area contributed by atoms with Gasteiger partial charge in [0.25, 0.3) is 5.91 Å². The van der Waals surface area contributed by atoms with E-state index in [-0.39, 0.29) is 18.1 Å². The first kappa shape index (κ1) is 20.8. The van der Waals surface area contributed by atoms with E-state index in [1.165, 1.54) is 11.3 Å². The second-order valence-corrected chi connectivity index (χ2v) is 7.91. The first-order valence-corrected chi connectivity index (χ1v) is 10.7. The highest BCUT2D eigenvalue weighted by molar-refractivity contribution is 7.13. The molecule has 0 aliphatic carbocycles. The van der Waals surface area contributed by atoms with Crippen molar-refractivity contribution in [2.24, 2.45) is 0 Å². The molecule has 0 saturated carbocycles. The highest BCUT2D eigenvalue weighted by Crippen LogP contribution is 2.26. The number of carbonyl (C=O) groups is 1. The topological polar surface area (TPSA) is 69.7 Å². The fourth-order valence-electron chi connectivity index (χ4n) is 2.92. The van der Waals surface area contributed by atoms with Gasteiger partial charge in [-0.2, -0.15) is 0 Å². The van der Waals surface area contributed by atoms with Crippen LogP contribution in [0.3, 0.4) is 0 Å². The number of rotatable bonds is 10. The molecular formula is C21H28N2O4S. The molecule has 2 aromatic rings. The van der Waals surface area contributed by atoms with Crippen molar-refractivity contribution in [3.05, 3.63) is 35.3 Å². The Bertz CT molecular complexity index is 739. The molecule has 1 N–H and O–H groups in total. The molecule has 28 heavy (non-hydrogen) atoms. The van der Waals surface area contributed by atoms with E-state index in [0.29, 0.717) is 25.5 Å². The number of benzene rings is 1. The van der Waals surface area contributed by atoms with E-state index in [1.807, 2.05) is 38.1 Å². The number of ether oxygens (including phenoxy) is 3. The van der Waals surface area contributed by atoms with Crippen molar-refractivity contribution in [2.45, 2.75) is 45.3 Å². The Hall–Kier alpha value is -1.96. The Balaban J connectivity index is 1.39. The predicted molar refractivity (Wildman–Crippen MR) is 110 cm³/mol. The molecule has 1 aliphatic heterocycles. The Morgan fingerprint density at radius 1 is 1.36 bits per heavy atom. The summed E-state index contributed by atoms with van der Waals surface area (Å²) in [5.74, 6) is 0.677. The first-order chi connectivity index (χ1) is 13.6. The van der Waals surface area contributed by atoms with Crippen LogP contribution in [-0.4, -0.2) is 49.5 Å². The van der Waals surface area contributed by atoms with E-state index in [1.54, 1.807) is 5.38 Å². The van der Waals surface area contributed by atoms with Crippen LogP contribution in [0.1, 0.15) is 43.6 Å². The minimum atomic E-state index is -0.151. The maximum absolute atomic E-state index is 12.3. The van der Waals surface area contributed by atoms with Crippen LogP contribution in [0.25, 0.3) is 10.6 Å². The van der Waals surface area contributed by atoms with Crippen molar-refractivity contribution in [1.29, 1.82) is 0 Å². The maximum atomic E-state index is 12.3. The molecule has 1 unspecified atom stereocenters. The molecule has 1 aromatic carbocycles. The number of hydrogen-bond donors (Lipinski definition) is 1. The van der Waals surface area contributed by atoms with Gasteiger partial charge in [0.05, 0.1) is 18.8 Å². The van der Waals surface area contributed by atoms with E-state index < -0.39 is 0 Å². The zero-order valence-corrected chi connectivity index (χ0v) is 17.3. The average molecular weight is 405 g/mol. The lowest BCUT2D eigenvalue weighted by molar-refractivity contribution is 0.0166. The SMILES string of the molecule is CC(C)Oc1ccc(-c2nc(C(=O)NCCCOCC3CCCO3)cs2)cc1. The Kier molecular flexibility index (Phi) is 7.82. The fourth-order valence-corrected chi connectivity index (χ4v) is 3.72. The monoisotopic (exact) mass is 404 g/mol. The van der Waals surface area contributed by atoms with Gasteiger partial charge in [0.1, 0.15) is 16.5 Å². The van der Waals surface area contributed by atoms with E-state index in [9.17, 15) is 4.79 Å². The van der Waals surface area contributed by atoms with Gasteiger partial charge in [-0.15, -0.1) is 11.3 Å². The summed E-state index contributed by atoms with van der Waals surface area (Å²) in [6.45, 7) is 6.66. The highest BCUT2D eigenvalue weighted by Gasteiger charge is 2.15. The molecule has 1 aromatic heterocycles. The lowest BCUT2D eigenvalue weighted by Crippen LogP contribution is -2.26. The zero-order valence-electron chi connectivity index (χ0n) is 16.5. The number of aromatic nitrogens is 1. The van der Waals surface area contributed by atoms with Crippen molar-refractivity contribution in [3.8, 4) is 16.3 Å². The van der Waals surface area contributed by atoms with Gasteiger partial charge in [-0.3, -0.25) is 4.79 Å². The molecular weight excluding hydrogens is 376 g/mol. The summed E-state index contributed by atoms with van der Waals surface area (Å²) in [6, 6.07) is 7.77. The normalized spacial score (nSPS) is 16.5. The van der Waals surface area contributed by atoms with Gasteiger partial charge in [0, 0.05) is 30.7 Å². The second-order valence-electron chi connectivity index (χ2n) is 7.05. The van der Waals surface area contributed by atoms with Crippen molar-refractivity contribution in [2.75, 3.05) is 26.4 Å². The number of amides is 1. The number of carbonyl (C=O) groups excluding carboxylic acids is 1. The average Bonchev–Trinajstić information content (AvgIpc) is 3.36. The van der Waals surface area contributed by atoms with Gasteiger partial charge in [0.2, 0.25) is 0 Å². The molecule has 0 bridgehead atoms. The summed E-state index contributed by atoms with van der Waals surface area (Å²) in [5.41, 5.74) is 1.42. The molecule has 3 rings (SSSR count). The first-order valence-electron chi connectivity index (χ1n) is 9.82. The second kappa shape index (κ2) is 10.5. The van der Waals surface area contributed by atoms with Gasteiger partial charge in [-0.05, 0) is 57.4 Å². The molecule has 7 heteroatoms. The predicted octanol–water partition coefficient (Wildman–Crippen LogP) is 3.91. The van der Waals surface area contributed by atoms with Gasteiger partial charge in [0.15, 0.2) is 0 Å². The molecule has 2 heterocycles. The van der Waals surface area contributed by atoms with Crippen molar-refractivity contribution in [3.63, 3.8) is 0 Å². The van der Waals surface area contributed by atoms with E-state index in [0.717, 1.165) is 42.2 Å². The fraction of sp³-hybridized carbons (Fsp3) is 0.524. The molecule has 6 nitrogen and oxygen atoms in total. The molecule has 1 aliphatic rings. The van der Waals surface area contributed by atoms with Crippen LogP contribution in [-0.2, 0) is 9.47 Å². The van der Waals surface area contributed by atoms with E-state index in [4.69, 9.17) is 14.2 Å². The third kappa shape index (κ3) is 6.29. The van der Waals surface area contributed by atoms with E-state index in [2.05, 4.69) is 10.3 Å². The lowest BCUT2D eigenvalue weighted by atomic mass is 10.2. The maximum Gasteiger partial charge on any atom is 0.270 e. The minimum absolute atomic E-state index is 0.141. The van der Waals surface area contributed by atoms with Crippen LogP contribution in [0.5, 0.6) is 5.75 Å². The summed E-state index contributed by atoms with van der Waals surface area (Å²) < 4.78 is 16.8. The van der Waals surface area contributed by atoms with Crippen LogP contribution < -0.4 is 10.1 Å². The summed E-state index contributed by atoms with van der Waals surface area (Å²) in [4.78, 5) is 16.7. The van der Waals surface area contributed by atoms with Crippen LogP contribution in [0.4, 0.5) is 0 Å². The third-order valence-electron chi connectivity index (χ3n) is 4.29. The van der Waals surface area contributed by atoms with Crippen LogP contribution in [0, 0.1) is 0 Å². The number of nitrogens with zero attached hydrogens (tertiary/aromatic N) is 1. The van der Waals surface area contributed by atoms with Gasteiger partial charge >= 0.3 is 0 Å². The van der Waals surface area contributed by atoms with Crippen molar-refractivity contribution < 1.29 is 19.0 Å². The summed E-state index contributed by atoms with van der Waals surface area (Å²) in [7, 11) is 0. The molecule has 0 radical (unpaired) electrons. The van der Waals surface area contributed by atoms with Crippen LogP contribution in [0.15, 0.2) is 29.6 Å². The number of nitrogens with one attached hydrogen (secondary N) is 1. The third-order valence-corrected chi connectivity index (χ3v) is 5.18. The van der Waals surface area contributed by atoms with Gasteiger partial charge < -0.3 is 19.5 Å². The number of hydrogen-bond acceptors (Lipinski definition) is 6. The zero-order chi connectivity index (χ0) is 19.8. The number of thiazole rings is 1. The van der Waals surface area contributed by atoms with Crippen LogP contribution >= 0.6 is 11.3 Å². The largest absolute Gasteiger partial charge is 0.491 e. The Morgan fingerprint density at radius 2 is 2.18 bits per heavy atom. The summed E-state index contributed by atoms with van der Waals surface area (Å²) in [5, 5.41) is 5.51. The summed E-state index contributed by atoms with van der Waals surface area (Å²) in [6.07, 6.45) is 3.36. The minimum Gasteiger partial charge on any atom is -0.491 e. The van der Waals surface area contributed by atoms with Gasteiger partial charge in [-0.1, -0.05) is 0 Å². The standard InChI is InChI=1S/C21H28N2O4S/c1-15(2)27-17-8-6-16(7-9-17)21-23-19(14-28-21)20(24)22-10-4-11-25-13-18-5-3-12-26-18/h6-9,14-15,18H,3-5,10-13H2,1-2H3,(H,22,24).